The first-order valence-electron chi connectivity index (χ1n) is 6.25. The Balaban J connectivity index is 2.20. The van der Waals surface area contributed by atoms with E-state index in [2.05, 4.69) is 27.1 Å². The van der Waals surface area contributed by atoms with Crippen molar-refractivity contribution in [1.82, 2.24) is 20.1 Å². The second-order valence-electron chi connectivity index (χ2n) is 4.10. The summed E-state index contributed by atoms with van der Waals surface area (Å²) in [6.45, 7) is 2.92. The van der Waals surface area contributed by atoms with Gasteiger partial charge in [-0.05, 0) is 19.4 Å². The van der Waals surface area contributed by atoms with Crippen molar-refractivity contribution in [2.75, 3.05) is 19.8 Å². The zero-order valence-corrected chi connectivity index (χ0v) is 10.9. The molecule has 1 aromatic heterocycles. The molecule has 8 heteroatoms. The molecule has 0 amide bonds. The number of hydrogen-bond acceptors (Lipinski definition) is 4. The van der Waals surface area contributed by atoms with Crippen LogP contribution in [0.4, 0.5) is 13.2 Å². The van der Waals surface area contributed by atoms with E-state index in [0.29, 0.717) is 19.5 Å². The molecule has 0 bridgehead atoms. The minimum absolute atomic E-state index is 0.0567. The van der Waals surface area contributed by atoms with Crippen LogP contribution in [-0.4, -0.2) is 40.7 Å². The third-order valence-electron chi connectivity index (χ3n) is 2.33. The third-order valence-corrected chi connectivity index (χ3v) is 2.33. The highest BCUT2D eigenvalue weighted by Gasteiger charge is 2.27. The predicted molar refractivity (Wildman–Crippen MR) is 63.5 cm³/mol. The highest BCUT2D eigenvalue weighted by Crippen LogP contribution is 2.14. The van der Waals surface area contributed by atoms with E-state index < -0.39 is 12.8 Å². The van der Waals surface area contributed by atoms with E-state index in [9.17, 15) is 13.2 Å². The highest BCUT2D eigenvalue weighted by molar-refractivity contribution is 4.83. The van der Waals surface area contributed by atoms with Crippen molar-refractivity contribution >= 4 is 0 Å². The maximum atomic E-state index is 11.8. The number of ether oxygens (including phenoxy) is 1. The highest BCUT2D eigenvalue weighted by atomic mass is 19.4. The molecular formula is C11H19F3N4O. The quantitative estimate of drug-likeness (QED) is 0.700. The molecule has 19 heavy (non-hydrogen) atoms. The van der Waals surface area contributed by atoms with E-state index >= 15 is 0 Å². The summed E-state index contributed by atoms with van der Waals surface area (Å²) >= 11 is 0. The van der Waals surface area contributed by atoms with Gasteiger partial charge >= 0.3 is 6.18 Å². The average Bonchev–Trinajstić information content (AvgIpc) is 2.75. The number of hydrogen-bond donors (Lipinski definition) is 1. The van der Waals surface area contributed by atoms with Gasteiger partial charge in [0.2, 0.25) is 0 Å². The molecular weight excluding hydrogens is 261 g/mol. The minimum atomic E-state index is -4.26. The molecule has 1 aromatic rings. The summed E-state index contributed by atoms with van der Waals surface area (Å²) in [5, 5.41) is 7.23. The van der Waals surface area contributed by atoms with E-state index in [0.717, 1.165) is 18.8 Å². The second kappa shape index (κ2) is 8.11. The smallest absolute Gasteiger partial charge is 0.372 e. The number of nitrogens with zero attached hydrogens (tertiary/aromatic N) is 3. The van der Waals surface area contributed by atoms with Crippen LogP contribution in [0.5, 0.6) is 0 Å². The summed E-state index contributed by atoms with van der Waals surface area (Å²) in [4.78, 5) is 4.09. The average molecular weight is 280 g/mol. The molecule has 5 nitrogen and oxygen atoms in total. The molecule has 1 heterocycles. The summed E-state index contributed by atoms with van der Waals surface area (Å²) in [6, 6.07) is 0. The Labute approximate surface area is 110 Å². The fraction of sp³-hybridized carbons (Fsp3) is 0.818. The Bertz CT molecular complexity index is 354. The van der Waals surface area contributed by atoms with Crippen LogP contribution in [0.3, 0.4) is 0 Å². The Morgan fingerprint density at radius 2 is 2.21 bits per heavy atom. The monoisotopic (exact) mass is 280 g/mol. The van der Waals surface area contributed by atoms with Crippen LogP contribution in [0.15, 0.2) is 6.33 Å². The van der Waals surface area contributed by atoms with Crippen molar-refractivity contribution < 1.29 is 17.9 Å². The summed E-state index contributed by atoms with van der Waals surface area (Å²) in [5.74, 6) is 0.782. The van der Waals surface area contributed by atoms with Crippen molar-refractivity contribution in [2.45, 2.75) is 39.0 Å². The van der Waals surface area contributed by atoms with Crippen LogP contribution in [0, 0.1) is 0 Å². The van der Waals surface area contributed by atoms with Gasteiger partial charge in [-0.2, -0.15) is 18.3 Å². The summed E-state index contributed by atoms with van der Waals surface area (Å²) < 4.78 is 41.7. The van der Waals surface area contributed by atoms with E-state index in [-0.39, 0.29) is 6.61 Å². The van der Waals surface area contributed by atoms with Gasteiger partial charge in [-0.1, -0.05) is 6.92 Å². The van der Waals surface area contributed by atoms with Gasteiger partial charge in [0.25, 0.3) is 0 Å². The molecule has 0 saturated heterocycles. The van der Waals surface area contributed by atoms with Crippen LogP contribution < -0.4 is 5.32 Å². The molecule has 110 valence electrons. The van der Waals surface area contributed by atoms with Gasteiger partial charge in [0, 0.05) is 13.2 Å². The van der Waals surface area contributed by atoms with E-state index in [4.69, 9.17) is 0 Å². The first-order chi connectivity index (χ1) is 9.03. The second-order valence-corrected chi connectivity index (χ2v) is 4.10. The predicted octanol–water partition coefficient (Wildman–Crippen LogP) is 1.75. The molecule has 1 rings (SSSR count). The lowest BCUT2D eigenvalue weighted by molar-refractivity contribution is -0.174. The van der Waals surface area contributed by atoms with Crippen LogP contribution in [0.2, 0.25) is 0 Å². The fourth-order valence-corrected chi connectivity index (χ4v) is 1.49. The SMILES string of the molecule is CCCNCc1ncnn1CCCOCC(F)(F)F. The zero-order chi connectivity index (χ0) is 14.1. The summed E-state index contributed by atoms with van der Waals surface area (Å²) in [5.41, 5.74) is 0. The molecule has 0 aliphatic heterocycles. The van der Waals surface area contributed by atoms with E-state index in [1.165, 1.54) is 6.33 Å². The Morgan fingerprint density at radius 3 is 2.89 bits per heavy atom. The molecule has 0 atom stereocenters. The summed E-state index contributed by atoms with van der Waals surface area (Å²) in [6.07, 6.45) is -1.32. The first-order valence-corrected chi connectivity index (χ1v) is 6.25. The molecule has 0 saturated carbocycles. The van der Waals surface area contributed by atoms with Gasteiger partial charge in [-0.15, -0.1) is 0 Å². The van der Waals surface area contributed by atoms with Gasteiger partial charge in [0.1, 0.15) is 18.8 Å². The van der Waals surface area contributed by atoms with E-state index in [1.807, 2.05) is 0 Å². The molecule has 0 fully saturated rings. The van der Waals surface area contributed by atoms with Crippen molar-refractivity contribution in [1.29, 1.82) is 0 Å². The van der Waals surface area contributed by atoms with E-state index in [1.54, 1.807) is 4.68 Å². The Hall–Kier alpha value is -1.15. The number of aromatic nitrogens is 3. The molecule has 0 aliphatic carbocycles. The van der Waals surface area contributed by atoms with Crippen LogP contribution in [0.1, 0.15) is 25.6 Å². The fourth-order valence-electron chi connectivity index (χ4n) is 1.49. The molecule has 0 spiro atoms. The van der Waals surface area contributed by atoms with Crippen molar-refractivity contribution in [2.24, 2.45) is 0 Å². The van der Waals surface area contributed by atoms with Crippen LogP contribution in [0.25, 0.3) is 0 Å². The Morgan fingerprint density at radius 1 is 1.42 bits per heavy atom. The van der Waals surface area contributed by atoms with Gasteiger partial charge < -0.3 is 10.1 Å². The molecule has 1 N–H and O–H groups in total. The van der Waals surface area contributed by atoms with Crippen LogP contribution in [-0.2, 0) is 17.8 Å². The number of halogens is 3. The van der Waals surface area contributed by atoms with Crippen molar-refractivity contribution in [3.63, 3.8) is 0 Å². The number of alkyl halides is 3. The number of nitrogens with one attached hydrogen (secondary N) is 1. The Kier molecular flexibility index (Phi) is 6.79. The normalized spacial score (nSPS) is 12.0. The lowest BCUT2D eigenvalue weighted by atomic mass is 10.4. The summed E-state index contributed by atoms with van der Waals surface area (Å²) in [7, 11) is 0. The zero-order valence-electron chi connectivity index (χ0n) is 10.9. The number of rotatable bonds is 9. The molecule has 0 aliphatic rings. The molecule has 0 aromatic carbocycles. The largest absolute Gasteiger partial charge is 0.411 e. The molecule has 0 unspecified atom stereocenters. The maximum Gasteiger partial charge on any atom is 0.411 e. The van der Waals surface area contributed by atoms with Gasteiger partial charge in [0.15, 0.2) is 0 Å². The third kappa shape index (κ3) is 7.12. The maximum absolute atomic E-state index is 11.8. The molecule has 0 radical (unpaired) electrons. The lowest BCUT2D eigenvalue weighted by Crippen LogP contribution is -2.20. The first kappa shape index (κ1) is 15.9. The van der Waals surface area contributed by atoms with Gasteiger partial charge in [0.05, 0.1) is 6.54 Å². The van der Waals surface area contributed by atoms with Gasteiger partial charge in [-0.3, -0.25) is 0 Å². The van der Waals surface area contributed by atoms with Crippen LogP contribution >= 0.6 is 0 Å². The topological polar surface area (TPSA) is 52.0 Å². The van der Waals surface area contributed by atoms with Gasteiger partial charge in [-0.25, -0.2) is 9.67 Å². The minimum Gasteiger partial charge on any atom is -0.372 e. The van der Waals surface area contributed by atoms with Crippen molar-refractivity contribution in [3.05, 3.63) is 12.2 Å². The number of aryl methyl sites for hydroxylation is 1. The lowest BCUT2D eigenvalue weighted by Gasteiger charge is -2.09. The van der Waals surface area contributed by atoms with Crippen molar-refractivity contribution in [3.8, 4) is 0 Å². The standard InChI is InChI=1S/C11H19F3N4O/c1-2-4-15-7-10-16-9-17-18(10)5-3-6-19-8-11(12,13)14/h9,15H,2-8H2,1H3.